The molecule has 0 fully saturated rings. The second-order valence-corrected chi connectivity index (χ2v) is 5.49. The molecule has 0 bridgehead atoms. The molecule has 1 aliphatic rings. The molecule has 116 valence electrons. The molecule has 1 aromatic carbocycles. The summed E-state index contributed by atoms with van der Waals surface area (Å²) in [4.78, 5) is 11.7. The van der Waals surface area contributed by atoms with E-state index in [4.69, 9.17) is 9.57 Å². The molecular weight excluding hydrogens is 280 g/mol. The van der Waals surface area contributed by atoms with Crippen LogP contribution in [-0.4, -0.2) is 41.7 Å². The minimum Gasteiger partial charge on any atom is -0.490 e. The SMILES string of the molecule is CC(C)O/N=C(/c1ccc2c(c1)N(C)CCO2)n1ccnc1. The molecule has 1 aliphatic heterocycles. The zero-order valence-electron chi connectivity index (χ0n) is 13.1. The summed E-state index contributed by atoms with van der Waals surface area (Å²) < 4.78 is 7.53. The molecule has 0 unspecified atom stereocenters. The fourth-order valence-electron chi connectivity index (χ4n) is 2.28. The summed E-state index contributed by atoms with van der Waals surface area (Å²) in [5.41, 5.74) is 2.01. The average Bonchev–Trinajstić information content (AvgIpc) is 3.02. The van der Waals surface area contributed by atoms with Gasteiger partial charge in [0.1, 0.15) is 24.8 Å². The Hall–Kier alpha value is -2.50. The van der Waals surface area contributed by atoms with Crippen molar-refractivity contribution in [1.29, 1.82) is 0 Å². The Balaban J connectivity index is 2.01. The Bertz CT molecular complexity index is 665. The van der Waals surface area contributed by atoms with Crippen LogP contribution in [0, 0.1) is 0 Å². The maximum atomic E-state index is 5.69. The summed E-state index contributed by atoms with van der Waals surface area (Å²) in [6.45, 7) is 5.48. The molecule has 0 saturated carbocycles. The Morgan fingerprint density at radius 1 is 1.41 bits per heavy atom. The third-order valence-corrected chi connectivity index (χ3v) is 3.41. The van der Waals surface area contributed by atoms with Gasteiger partial charge in [-0.1, -0.05) is 5.16 Å². The van der Waals surface area contributed by atoms with Gasteiger partial charge in [0.25, 0.3) is 0 Å². The Kier molecular flexibility index (Phi) is 4.00. The first-order valence-corrected chi connectivity index (χ1v) is 7.35. The van der Waals surface area contributed by atoms with Crippen molar-refractivity contribution >= 4 is 11.5 Å². The van der Waals surface area contributed by atoms with Crippen LogP contribution < -0.4 is 9.64 Å². The van der Waals surface area contributed by atoms with E-state index in [-0.39, 0.29) is 6.10 Å². The van der Waals surface area contributed by atoms with Crippen molar-refractivity contribution in [2.75, 3.05) is 25.1 Å². The van der Waals surface area contributed by atoms with E-state index in [1.165, 1.54) is 0 Å². The first-order valence-electron chi connectivity index (χ1n) is 7.35. The summed E-state index contributed by atoms with van der Waals surface area (Å²) >= 11 is 0. The highest BCUT2D eigenvalue weighted by molar-refractivity contribution is 6.01. The predicted octanol–water partition coefficient (Wildman–Crippen LogP) is 2.35. The standard InChI is InChI=1S/C16H20N4O2/c1-12(2)22-18-16(20-7-6-17-11-20)13-4-5-15-14(10-13)19(3)8-9-21-15/h4-7,10-12H,8-9H2,1-3H3/b18-16-. The van der Waals surface area contributed by atoms with Crippen molar-refractivity contribution in [1.82, 2.24) is 9.55 Å². The molecule has 22 heavy (non-hydrogen) atoms. The molecule has 0 saturated heterocycles. The quantitative estimate of drug-likeness (QED) is 0.496. The summed E-state index contributed by atoms with van der Waals surface area (Å²) in [7, 11) is 2.06. The van der Waals surface area contributed by atoms with Gasteiger partial charge in [0.05, 0.1) is 12.2 Å². The molecule has 0 radical (unpaired) electrons. The van der Waals surface area contributed by atoms with E-state index in [0.29, 0.717) is 12.4 Å². The minimum atomic E-state index is 0.0159. The minimum absolute atomic E-state index is 0.0159. The van der Waals surface area contributed by atoms with Crippen molar-refractivity contribution < 1.29 is 9.57 Å². The van der Waals surface area contributed by atoms with E-state index in [0.717, 1.165) is 23.5 Å². The number of benzene rings is 1. The van der Waals surface area contributed by atoms with E-state index in [9.17, 15) is 0 Å². The molecule has 0 atom stereocenters. The number of ether oxygens (including phenoxy) is 1. The lowest BCUT2D eigenvalue weighted by molar-refractivity contribution is 0.0853. The van der Waals surface area contributed by atoms with Gasteiger partial charge >= 0.3 is 0 Å². The first-order chi connectivity index (χ1) is 10.6. The van der Waals surface area contributed by atoms with Crippen LogP contribution in [-0.2, 0) is 4.84 Å². The lowest BCUT2D eigenvalue weighted by atomic mass is 10.1. The van der Waals surface area contributed by atoms with E-state index >= 15 is 0 Å². The molecule has 2 aromatic rings. The Morgan fingerprint density at radius 3 is 3.00 bits per heavy atom. The smallest absolute Gasteiger partial charge is 0.184 e. The number of anilines is 1. The summed E-state index contributed by atoms with van der Waals surface area (Å²) in [6, 6.07) is 6.03. The summed E-state index contributed by atoms with van der Waals surface area (Å²) in [5, 5.41) is 4.29. The van der Waals surface area contributed by atoms with E-state index in [1.54, 1.807) is 12.5 Å². The second kappa shape index (κ2) is 6.09. The third-order valence-electron chi connectivity index (χ3n) is 3.41. The predicted molar refractivity (Wildman–Crippen MR) is 85.6 cm³/mol. The van der Waals surface area contributed by atoms with Crippen LogP contribution in [0.4, 0.5) is 5.69 Å². The van der Waals surface area contributed by atoms with Crippen LogP contribution in [0.3, 0.4) is 0 Å². The zero-order chi connectivity index (χ0) is 15.5. The van der Waals surface area contributed by atoms with Crippen molar-refractivity contribution in [2.24, 2.45) is 5.16 Å². The Labute approximate surface area is 130 Å². The van der Waals surface area contributed by atoms with Crippen molar-refractivity contribution in [2.45, 2.75) is 20.0 Å². The van der Waals surface area contributed by atoms with E-state index in [1.807, 2.05) is 36.7 Å². The van der Waals surface area contributed by atoms with Crippen LogP contribution in [0.1, 0.15) is 19.4 Å². The van der Waals surface area contributed by atoms with Crippen LogP contribution in [0.5, 0.6) is 5.75 Å². The summed E-state index contributed by atoms with van der Waals surface area (Å²) in [5.74, 6) is 1.60. The van der Waals surface area contributed by atoms with Gasteiger partial charge in [0.2, 0.25) is 0 Å². The van der Waals surface area contributed by atoms with Crippen LogP contribution in [0.15, 0.2) is 42.1 Å². The number of hydrogen-bond acceptors (Lipinski definition) is 5. The van der Waals surface area contributed by atoms with Gasteiger partial charge in [0.15, 0.2) is 5.84 Å². The monoisotopic (exact) mass is 300 g/mol. The highest BCUT2D eigenvalue weighted by Gasteiger charge is 2.17. The van der Waals surface area contributed by atoms with Crippen LogP contribution in [0.2, 0.25) is 0 Å². The molecule has 0 spiro atoms. The van der Waals surface area contributed by atoms with Crippen molar-refractivity contribution in [3.05, 3.63) is 42.5 Å². The molecule has 3 rings (SSSR count). The normalized spacial score (nSPS) is 14.7. The number of oxime groups is 1. The number of likely N-dealkylation sites (N-methyl/N-ethyl adjacent to an activating group) is 1. The number of imidazole rings is 1. The van der Waals surface area contributed by atoms with Gasteiger partial charge in [-0.2, -0.15) is 0 Å². The number of rotatable bonds is 3. The van der Waals surface area contributed by atoms with E-state index < -0.39 is 0 Å². The van der Waals surface area contributed by atoms with E-state index in [2.05, 4.69) is 28.2 Å². The zero-order valence-corrected chi connectivity index (χ0v) is 13.1. The maximum Gasteiger partial charge on any atom is 0.184 e. The first kappa shape index (κ1) is 14.4. The highest BCUT2D eigenvalue weighted by Crippen LogP contribution is 2.31. The van der Waals surface area contributed by atoms with Crippen LogP contribution in [0.25, 0.3) is 0 Å². The van der Waals surface area contributed by atoms with Crippen LogP contribution >= 0.6 is 0 Å². The third kappa shape index (κ3) is 2.90. The van der Waals surface area contributed by atoms with Gasteiger partial charge in [-0.3, -0.25) is 4.57 Å². The number of fused-ring (bicyclic) bond motifs is 1. The molecule has 0 N–H and O–H groups in total. The van der Waals surface area contributed by atoms with Gasteiger partial charge in [-0.25, -0.2) is 4.98 Å². The molecule has 0 aliphatic carbocycles. The number of nitrogens with zero attached hydrogens (tertiary/aromatic N) is 4. The molecule has 1 aromatic heterocycles. The topological polar surface area (TPSA) is 51.9 Å². The molecule has 2 heterocycles. The summed E-state index contributed by atoms with van der Waals surface area (Å²) in [6.07, 6.45) is 5.30. The van der Waals surface area contributed by atoms with Gasteiger partial charge < -0.3 is 14.5 Å². The molecule has 0 amide bonds. The second-order valence-electron chi connectivity index (χ2n) is 5.49. The maximum absolute atomic E-state index is 5.69. The fraction of sp³-hybridized carbons (Fsp3) is 0.375. The Morgan fingerprint density at radius 2 is 2.27 bits per heavy atom. The van der Waals surface area contributed by atoms with Crippen molar-refractivity contribution in [3.8, 4) is 5.75 Å². The largest absolute Gasteiger partial charge is 0.490 e. The number of hydrogen-bond donors (Lipinski definition) is 0. The van der Waals surface area contributed by atoms with Gasteiger partial charge in [0, 0.05) is 25.0 Å². The average molecular weight is 300 g/mol. The lowest BCUT2D eigenvalue weighted by Crippen LogP contribution is -2.29. The van der Waals surface area contributed by atoms with Gasteiger partial charge in [-0.05, 0) is 32.0 Å². The molecular formula is C16H20N4O2. The fourth-order valence-corrected chi connectivity index (χ4v) is 2.28. The van der Waals surface area contributed by atoms with Gasteiger partial charge in [-0.15, -0.1) is 0 Å². The van der Waals surface area contributed by atoms with Crippen molar-refractivity contribution in [3.63, 3.8) is 0 Å². The lowest BCUT2D eigenvalue weighted by Gasteiger charge is -2.28. The highest BCUT2D eigenvalue weighted by atomic mass is 16.6. The molecule has 6 heteroatoms. The number of aromatic nitrogens is 2. The molecule has 6 nitrogen and oxygen atoms in total.